The van der Waals surface area contributed by atoms with E-state index in [1.54, 1.807) is 30.5 Å². The lowest BCUT2D eigenvalue weighted by atomic mass is 10.1. The molecule has 3 nitrogen and oxygen atoms in total. The van der Waals surface area contributed by atoms with Crippen LogP contribution in [0.25, 0.3) is 11.3 Å². The Labute approximate surface area is 92.6 Å². The van der Waals surface area contributed by atoms with E-state index >= 15 is 0 Å². The first kappa shape index (κ1) is 10.7. The van der Waals surface area contributed by atoms with Gasteiger partial charge in [-0.25, -0.2) is 14.4 Å². The van der Waals surface area contributed by atoms with Gasteiger partial charge >= 0.3 is 0 Å². The topological polar surface area (TPSA) is 46.0 Å². The molecule has 1 N–H and O–H groups in total. The second-order valence-electron chi connectivity index (χ2n) is 3.31. The summed E-state index contributed by atoms with van der Waals surface area (Å²) in [4.78, 5) is 8.17. The number of aromatic nitrogens is 2. The molecule has 0 aliphatic rings. The number of nitrogens with zero attached hydrogens (tertiary/aromatic N) is 2. The van der Waals surface area contributed by atoms with E-state index in [1.165, 1.54) is 6.07 Å². The Balaban J connectivity index is 2.40. The van der Waals surface area contributed by atoms with Crippen LogP contribution in [0.2, 0.25) is 0 Å². The van der Waals surface area contributed by atoms with Crippen LogP contribution in [0, 0.1) is 5.82 Å². The van der Waals surface area contributed by atoms with E-state index in [4.69, 9.17) is 5.11 Å². The van der Waals surface area contributed by atoms with Gasteiger partial charge in [-0.1, -0.05) is 12.1 Å². The molecule has 0 atom stereocenters. The van der Waals surface area contributed by atoms with Gasteiger partial charge in [0.05, 0.1) is 12.3 Å². The molecule has 2 rings (SSSR count). The highest BCUT2D eigenvalue weighted by Gasteiger charge is 2.06. The highest BCUT2D eigenvalue weighted by atomic mass is 19.1. The molecule has 0 unspecified atom stereocenters. The number of halogens is 1. The van der Waals surface area contributed by atoms with Crippen molar-refractivity contribution >= 4 is 0 Å². The van der Waals surface area contributed by atoms with Crippen LogP contribution in [0.3, 0.4) is 0 Å². The van der Waals surface area contributed by atoms with Gasteiger partial charge in [0.25, 0.3) is 0 Å². The third-order valence-corrected chi connectivity index (χ3v) is 2.19. The molecule has 0 bridgehead atoms. The summed E-state index contributed by atoms with van der Waals surface area (Å²) in [5.74, 6) is 0.208. The molecule has 0 saturated carbocycles. The number of rotatable bonds is 3. The van der Waals surface area contributed by atoms with Crippen LogP contribution in [-0.2, 0) is 6.42 Å². The predicted octanol–water partition coefficient (Wildman–Crippen LogP) is 1.82. The number of aliphatic hydroxyl groups is 1. The molecule has 1 aromatic heterocycles. The Hall–Kier alpha value is -1.81. The molecule has 2 aromatic rings. The molecule has 1 aromatic carbocycles. The SMILES string of the molecule is OCCc1nccc(-c2ccccc2F)n1. The molecule has 1 heterocycles. The van der Waals surface area contributed by atoms with Crippen LogP contribution in [0.4, 0.5) is 4.39 Å². The fourth-order valence-electron chi connectivity index (χ4n) is 1.44. The van der Waals surface area contributed by atoms with Crippen molar-refractivity contribution in [2.45, 2.75) is 6.42 Å². The maximum Gasteiger partial charge on any atom is 0.132 e. The normalized spacial score (nSPS) is 10.4. The van der Waals surface area contributed by atoms with Crippen molar-refractivity contribution < 1.29 is 9.50 Å². The van der Waals surface area contributed by atoms with Crippen LogP contribution < -0.4 is 0 Å². The maximum atomic E-state index is 13.5. The Morgan fingerprint density at radius 1 is 1.19 bits per heavy atom. The van der Waals surface area contributed by atoms with Gasteiger partial charge in [-0.15, -0.1) is 0 Å². The van der Waals surface area contributed by atoms with Gasteiger partial charge in [-0.05, 0) is 18.2 Å². The van der Waals surface area contributed by atoms with E-state index < -0.39 is 0 Å². The summed E-state index contributed by atoms with van der Waals surface area (Å²) < 4.78 is 13.5. The summed E-state index contributed by atoms with van der Waals surface area (Å²) in [5, 5.41) is 8.78. The van der Waals surface area contributed by atoms with Gasteiger partial charge in [0.15, 0.2) is 0 Å². The van der Waals surface area contributed by atoms with E-state index in [0.29, 0.717) is 23.5 Å². The number of benzene rings is 1. The highest BCUT2D eigenvalue weighted by molar-refractivity contribution is 5.59. The predicted molar refractivity (Wildman–Crippen MR) is 58.2 cm³/mol. The molecule has 0 aliphatic carbocycles. The first-order valence-electron chi connectivity index (χ1n) is 4.99. The summed E-state index contributed by atoms with van der Waals surface area (Å²) in [6.45, 7) is -0.0132. The molecule has 0 fully saturated rings. The second-order valence-corrected chi connectivity index (χ2v) is 3.31. The van der Waals surface area contributed by atoms with Crippen molar-refractivity contribution in [3.8, 4) is 11.3 Å². The third-order valence-electron chi connectivity index (χ3n) is 2.19. The molecule has 82 valence electrons. The fourth-order valence-corrected chi connectivity index (χ4v) is 1.44. The Bertz CT molecular complexity index is 488. The van der Waals surface area contributed by atoms with Crippen molar-refractivity contribution in [3.63, 3.8) is 0 Å². The molecular weight excluding hydrogens is 207 g/mol. The van der Waals surface area contributed by atoms with Gasteiger partial charge in [0.2, 0.25) is 0 Å². The lowest BCUT2D eigenvalue weighted by molar-refractivity contribution is 0.296. The molecule has 0 amide bonds. The van der Waals surface area contributed by atoms with E-state index in [2.05, 4.69) is 9.97 Å². The average Bonchev–Trinajstić information content (AvgIpc) is 2.30. The quantitative estimate of drug-likeness (QED) is 0.854. The smallest absolute Gasteiger partial charge is 0.132 e. The lowest BCUT2D eigenvalue weighted by Crippen LogP contribution is -1.99. The van der Waals surface area contributed by atoms with Gasteiger partial charge in [-0.3, -0.25) is 0 Å². The van der Waals surface area contributed by atoms with Crippen molar-refractivity contribution in [2.75, 3.05) is 6.61 Å². The van der Waals surface area contributed by atoms with Crippen LogP contribution >= 0.6 is 0 Å². The molecule has 16 heavy (non-hydrogen) atoms. The largest absolute Gasteiger partial charge is 0.396 e. The standard InChI is InChI=1S/C12H11FN2O/c13-10-4-2-1-3-9(10)11-5-7-14-12(15-11)6-8-16/h1-5,7,16H,6,8H2. The lowest BCUT2D eigenvalue weighted by Gasteiger charge is -2.03. The van der Waals surface area contributed by atoms with Crippen LogP contribution in [0.5, 0.6) is 0 Å². The van der Waals surface area contributed by atoms with E-state index in [0.717, 1.165) is 0 Å². The van der Waals surface area contributed by atoms with E-state index in [1.807, 2.05) is 0 Å². The summed E-state index contributed by atoms with van der Waals surface area (Å²) >= 11 is 0. The number of aliphatic hydroxyl groups excluding tert-OH is 1. The minimum atomic E-state index is -0.309. The third kappa shape index (κ3) is 2.23. The van der Waals surface area contributed by atoms with Gasteiger partial charge in [0.1, 0.15) is 11.6 Å². The van der Waals surface area contributed by atoms with Crippen LogP contribution in [-0.4, -0.2) is 21.7 Å². The van der Waals surface area contributed by atoms with Gasteiger partial charge in [-0.2, -0.15) is 0 Å². The van der Waals surface area contributed by atoms with E-state index in [-0.39, 0.29) is 12.4 Å². The Morgan fingerprint density at radius 2 is 2.00 bits per heavy atom. The number of hydrogen-bond acceptors (Lipinski definition) is 3. The van der Waals surface area contributed by atoms with Gasteiger partial charge < -0.3 is 5.11 Å². The van der Waals surface area contributed by atoms with Crippen molar-refractivity contribution in [2.24, 2.45) is 0 Å². The van der Waals surface area contributed by atoms with Crippen molar-refractivity contribution in [3.05, 3.63) is 48.2 Å². The molecule has 0 spiro atoms. The highest BCUT2D eigenvalue weighted by Crippen LogP contribution is 2.19. The monoisotopic (exact) mass is 218 g/mol. The first-order valence-corrected chi connectivity index (χ1v) is 4.99. The summed E-state index contributed by atoms with van der Waals surface area (Å²) in [6, 6.07) is 8.10. The molecule has 0 saturated heterocycles. The number of hydrogen-bond donors (Lipinski definition) is 1. The summed E-state index contributed by atoms with van der Waals surface area (Å²) in [6.07, 6.45) is 1.95. The van der Waals surface area contributed by atoms with Crippen molar-refractivity contribution in [1.82, 2.24) is 9.97 Å². The zero-order valence-corrected chi connectivity index (χ0v) is 8.60. The minimum Gasteiger partial charge on any atom is -0.396 e. The minimum absolute atomic E-state index is 0.0132. The molecular formula is C12H11FN2O. The van der Waals surface area contributed by atoms with E-state index in [9.17, 15) is 4.39 Å². The van der Waals surface area contributed by atoms with Crippen LogP contribution in [0.15, 0.2) is 36.5 Å². The first-order chi connectivity index (χ1) is 7.81. The molecule has 0 radical (unpaired) electrons. The zero-order chi connectivity index (χ0) is 11.4. The molecule has 4 heteroatoms. The summed E-state index contributed by atoms with van der Waals surface area (Å²) in [5.41, 5.74) is 0.987. The van der Waals surface area contributed by atoms with Crippen molar-refractivity contribution in [1.29, 1.82) is 0 Å². The summed E-state index contributed by atoms with van der Waals surface area (Å²) in [7, 11) is 0. The molecule has 0 aliphatic heterocycles. The maximum absolute atomic E-state index is 13.5. The Kier molecular flexibility index (Phi) is 3.22. The van der Waals surface area contributed by atoms with Gasteiger partial charge in [0, 0.05) is 18.2 Å². The second kappa shape index (κ2) is 4.81. The fraction of sp³-hybridized carbons (Fsp3) is 0.167. The average molecular weight is 218 g/mol. The zero-order valence-electron chi connectivity index (χ0n) is 8.60. The Morgan fingerprint density at radius 3 is 2.75 bits per heavy atom. The van der Waals surface area contributed by atoms with Crippen LogP contribution in [0.1, 0.15) is 5.82 Å².